The number of carbonyl (C=O) groups is 1. The van der Waals surface area contributed by atoms with Crippen molar-refractivity contribution in [3.63, 3.8) is 0 Å². The minimum absolute atomic E-state index is 0.0178. The first kappa shape index (κ1) is 19.4. The predicted molar refractivity (Wildman–Crippen MR) is 81.0 cm³/mol. The van der Waals surface area contributed by atoms with Crippen LogP contribution in [0.5, 0.6) is 0 Å². The number of amides is 2. The zero-order chi connectivity index (χ0) is 16.8. The van der Waals surface area contributed by atoms with Crippen molar-refractivity contribution in [2.75, 3.05) is 31.9 Å². The van der Waals surface area contributed by atoms with Gasteiger partial charge in [-0.15, -0.1) is 0 Å². The number of rotatable bonds is 6. The van der Waals surface area contributed by atoms with Crippen LogP contribution in [0.2, 0.25) is 0 Å². The van der Waals surface area contributed by atoms with Crippen LogP contribution < -0.4 is 10.6 Å². The first-order chi connectivity index (χ1) is 10.2. The molecule has 1 aliphatic heterocycles. The molecule has 0 aromatic carbocycles. The van der Waals surface area contributed by atoms with Gasteiger partial charge in [0.15, 0.2) is 0 Å². The van der Waals surface area contributed by atoms with Gasteiger partial charge in [0.05, 0.1) is 12.2 Å². The summed E-state index contributed by atoms with van der Waals surface area (Å²) >= 11 is -0.142. The normalized spacial score (nSPS) is 24.8. The molecule has 1 fully saturated rings. The molecule has 0 aromatic rings. The van der Waals surface area contributed by atoms with Crippen LogP contribution in [-0.4, -0.2) is 66.6 Å². The largest absolute Gasteiger partial charge is 0.441 e. The average Bonchev–Trinajstić information content (AvgIpc) is 2.38. The maximum atomic E-state index is 11.9. The third-order valence-electron chi connectivity index (χ3n) is 3.28. The Morgan fingerprint density at radius 2 is 1.91 bits per heavy atom. The summed E-state index contributed by atoms with van der Waals surface area (Å²) in [5.41, 5.74) is -4.25. The molecule has 9 heteroatoms. The fraction of sp³-hybridized carbons (Fsp3) is 0.923. The van der Waals surface area contributed by atoms with Gasteiger partial charge >= 0.3 is 11.5 Å². The van der Waals surface area contributed by atoms with Crippen molar-refractivity contribution < 1.29 is 22.7 Å². The van der Waals surface area contributed by atoms with Crippen molar-refractivity contribution in [3.05, 3.63) is 0 Å². The average molecular weight is 343 g/mol. The first-order valence-corrected chi connectivity index (χ1v) is 8.28. The topological polar surface area (TPSA) is 53.6 Å². The highest BCUT2D eigenvalue weighted by Crippen LogP contribution is 2.29. The number of thioether (sulfide) groups is 1. The van der Waals surface area contributed by atoms with Crippen LogP contribution in [0.3, 0.4) is 0 Å². The summed E-state index contributed by atoms with van der Waals surface area (Å²) in [5.74, 6) is -0.190. The predicted octanol–water partition coefficient (Wildman–Crippen LogP) is 2.04. The molecule has 2 N–H and O–H groups in total. The molecule has 1 heterocycles. The monoisotopic (exact) mass is 343 g/mol. The Hall–Kier alpha value is -0.670. The van der Waals surface area contributed by atoms with Crippen LogP contribution in [0.1, 0.15) is 20.8 Å². The SMILES string of the molecule is C[C@@H]1CN([C@H](C)CNC(=O)NCCSC(F)(F)F)C[C@H](C)O1. The summed E-state index contributed by atoms with van der Waals surface area (Å²) < 4.78 is 41.4. The van der Waals surface area contributed by atoms with E-state index in [0.717, 1.165) is 13.1 Å². The van der Waals surface area contributed by atoms with E-state index in [9.17, 15) is 18.0 Å². The third kappa shape index (κ3) is 8.09. The molecule has 5 nitrogen and oxygen atoms in total. The van der Waals surface area contributed by atoms with Crippen LogP contribution in [0.4, 0.5) is 18.0 Å². The van der Waals surface area contributed by atoms with Gasteiger partial charge in [0.1, 0.15) is 0 Å². The highest BCUT2D eigenvalue weighted by atomic mass is 32.2. The molecule has 0 aromatic heterocycles. The van der Waals surface area contributed by atoms with Crippen LogP contribution in [0.25, 0.3) is 0 Å². The summed E-state index contributed by atoms with van der Waals surface area (Å²) in [6.45, 7) is 8.05. The molecule has 0 saturated carbocycles. The molecule has 1 rings (SSSR count). The second kappa shape index (κ2) is 8.83. The Morgan fingerprint density at radius 3 is 2.45 bits per heavy atom. The quantitative estimate of drug-likeness (QED) is 0.725. The smallest absolute Gasteiger partial charge is 0.373 e. The number of carbonyl (C=O) groups excluding carboxylic acids is 1. The molecule has 3 atom stereocenters. The van der Waals surface area contributed by atoms with E-state index in [2.05, 4.69) is 15.5 Å². The molecule has 0 unspecified atom stereocenters. The minimum Gasteiger partial charge on any atom is -0.373 e. The van der Waals surface area contributed by atoms with Crippen molar-refractivity contribution >= 4 is 17.8 Å². The number of nitrogens with zero attached hydrogens (tertiary/aromatic N) is 1. The number of halogens is 3. The lowest BCUT2D eigenvalue weighted by molar-refractivity contribution is -0.0778. The molecule has 0 aliphatic carbocycles. The van der Waals surface area contributed by atoms with E-state index >= 15 is 0 Å². The van der Waals surface area contributed by atoms with Crippen LogP contribution in [0.15, 0.2) is 0 Å². The summed E-state index contributed by atoms with van der Waals surface area (Å²) in [7, 11) is 0. The van der Waals surface area contributed by atoms with E-state index in [-0.39, 0.29) is 42.3 Å². The molecule has 22 heavy (non-hydrogen) atoms. The number of urea groups is 1. The van der Waals surface area contributed by atoms with Gasteiger partial charge in [-0.05, 0) is 32.5 Å². The molecule has 1 saturated heterocycles. The standard InChI is InChI=1S/C13H24F3N3O2S/c1-9(19-7-10(2)21-11(3)8-19)6-18-12(20)17-4-5-22-13(14,15)16/h9-11H,4-8H2,1-3H3,(H2,17,18,20)/t9-,10-,11+/m1/s1. The second-order valence-electron chi connectivity index (χ2n) is 5.49. The van der Waals surface area contributed by atoms with Crippen molar-refractivity contribution in [1.29, 1.82) is 0 Å². The molecular weight excluding hydrogens is 319 g/mol. The Labute approximate surface area is 133 Å². The van der Waals surface area contributed by atoms with E-state index < -0.39 is 11.5 Å². The number of morpholine rings is 1. The van der Waals surface area contributed by atoms with E-state index in [1.165, 1.54) is 0 Å². The number of nitrogens with one attached hydrogen (secondary N) is 2. The van der Waals surface area contributed by atoms with Gasteiger partial charge in [-0.1, -0.05) is 0 Å². The minimum atomic E-state index is -4.25. The summed E-state index contributed by atoms with van der Waals surface area (Å²) in [6.07, 6.45) is 0.304. The molecule has 2 amide bonds. The highest BCUT2D eigenvalue weighted by molar-refractivity contribution is 8.00. The van der Waals surface area contributed by atoms with Crippen LogP contribution in [0, 0.1) is 0 Å². The Kier molecular flexibility index (Phi) is 7.78. The second-order valence-corrected chi connectivity index (χ2v) is 6.65. The number of hydrogen-bond donors (Lipinski definition) is 2. The van der Waals surface area contributed by atoms with E-state index in [1.54, 1.807) is 0 Å². The van der Waals surface area contributed by atoms with E-state index in [4.69, 9.17) is 4.74 Å². The van der Waals surface area contributed by atoms with E-state index in [0.29, 0.717) is 6.54 Å². The third-order valence-corrected chi connectivity index (χ3v) is 4.02. The number of ether oxygens (including phenoxy) is 1. The van der Waals surface area contributed by atoms with Crippen molar-refractivity contribution in [3.8, 4) is 0 Å². The molecule has 0 bridgehead atoms. The molecule has 1 aliphatic rings. The summed E-state index contributed by atoms with van der Waals surface area (Å²) in [4.78, 5) is 13.8. The van der Waals surface area contributed by atoms with Crippen molar-refractivity contribution in [2.24, 2.45) is 0 Å². The fourth-order valence-corrected chi connectivity index (χ4v) is 2.78. The van der Waals surface area contributed by atoms with Gasteiger partial charge in [-0.3, -0.25) is 4.90 Å². The first-order valence-electron chi connectivity index (χ1n) is 7.29. The maximum Gasteiger partial charge on any atom is 0.441 e. The van der Waals surface area contributed by atoms with Crippen molar-refractivity contribution in [2.45, 2.75) is 44.5 Å². The summed E-state index contributed by atoms with van der Waals surface area (Å²) in [6, 6.07) is -0.298. The summed E-state index contributed by atoms with van der Waals surface area (Å²) in [5, 5.41) is 5.10. The van der Waals surface area contributed by atoms with Crippen LogP contribution in [-0.2, 0) is 4.74 Å². The van der Waals surface area contributed by atoms with Gasteiger partial charge in [-0.2, -0.15) is 13.2 Å². The lowest BCUT2D eigenvalue weighted by atomic mass is 10.2. The van der Waals surface area contributed by atoms with Crippen molar-refractivity contribution in [1.82, 2.24) is 15.5 Å². The van der Waals surface area contributed by atoms with E-state index in [1.807, 2.05) is 20.8 Å². The number of hydrogen-bond acceptors (Lipinski definition) is 4. The van der Waals surface area contributed by atoms with Gasteiger partial charge in [-0.25, -0.2) is 4.79 Å². The van der Waals surface area contributed by atoms with Crippen LogP contribution >= 0.6 is 11.8 Å². The van der Waals surface area contributed by atoms with Gasteiger partial charge in [0.2, 0.25) is 0 Å². The zero-order valence-corrected chi connectivity index (χ0v) is 13.9. The lowest BCUT2D eigenvalue weighted by Crippen LogP contribution is -2.53. The molecule has 130 valence electrons. The zero-order valence-electron chi connectivity index (χ0n) is 13.1. The Balaban J connectivity index is 2.17. The van der Waals surface area contributed by atoms with Gasteiger partial charge in [0.25, 0.3) is 0 Å². The molecular formula is C13H24F3N3O2S. The maximum absolute atomic E-state index is 11.9. The highest BCUT2D eigenvalue weighted by Gasteiger charge is 2.28. The molecule has 0 radical (unpaired) electrons. The Bertz CT molecular complexity index is 348. The lowest BCUT2D eigenvalue weighted by Gasteiger charge is -2.38. The fourth-order valence-electron chi connectivity index (χ4n) is 2.34. The Morgan fingerprint density at radius 1 is 1.32 bits per heavy atom. The molecule has 0 spiro atoms. The van der Waals surface area contributed by atoms with Gasteiger partial charge < -0.3 is 15.4 Å². The number of alkyl halides is 3. The van der Waals surface area contributed by atoms with Gasteiger partial charge in [0, 0.05) is 38.0 Å².